The molecule has 0 aromatic carbocycles. The maximum absolute atomic E-state index is 12.0. The number of aliphatic hydroxyl groups excluding tert-OH is 2. The zero-order chi connectivity index (χ0) is 30.1. The van der Waals surface area contributed by atoms with E-state index in [0.29, 0.717) is 35.5 Å². The minimum atomic E-state index is -4.51. The van der Waals surface area contributed by atoms with Gasteiger partial charge in [0.2, 0.25) is 0 Å². The summed E-state index contributed by atoms with van der Waals surface area (Å²) in [5.74, 6) is 3.02. The fourth-order valence-electron chi connectivity index (χ4n) is 11.4. The maximum atomic E-state index is 12.0. The van der Waals surface area contributed by atoms with Gasteiger partial charge < -0.3 is 10.2 Å². The topological polar surface area (TPSA) is 104 Å². The van der Waals surface area contributed by atoms with E-state index < -0.39 is 21.9 Å². The van der Waals surface area contributed by atoms with Gasteiger partial charge in [0.05, 0.1) is 18.3 Å². The molecule has 234 valence electrons. The second-order valence-corrected chi connectivity index (χ2v) is 17.3. The third-order valence-electron chi connectivity index (χ3n) is 14.2. The fourth-order valence-corrected chi connectivity index (χ4v) is 12.0. The third-order valence-corrected chi connectivity index (χ3v) is 14.7. The highest BCUT2D eigenvalue weighted by Gasteiger charge is 2.65. The molecule has 0 heterocycles. The molecular weight excluding hydrogens is 524 g/mol. The standard InChI is InChI=1S/C33H60O6S/c1-10-23-27-18-22(34)14-16-33(27,9)26-15-17-32(8)24(12-13-25(32)28(26)29(23)35)20(3)30(5,6)19-31(7,11-2)21(4)39-40(36,37)38/h20-29,34-35H,10-19H2,1-9H3,(H,36,37,38). The van der Waals surface area contributed by atoms with Crippen LogP contribution in [0.25, 0.3) is 0 Å². The number of hydrogen-bond acceptors (Lipinski definition) is 5. The molecule has 4 aliphatic carbocycles. The van der Waals surface area contributed by atoms with Crippen molar-refractivity contribution in [1.82, 2.24) is 0 Å². The van der Waals surface area contributed by atoms with E-state index in [1.54, 1.807) is 6.92 Å². The number of aliphatic hydroxyl groups is 2. The molecule has 4 fully saturated rings. The summed E-state index contributed by atoms with van der Waals surface area (Å²) >= 11 is 0. The second kappa shape index (κ2) is 11.1. The largest absolute Gasteiger partial charge is 0.397 e. The van der Waals surface area contributed by atoms with Gasteiger partial charge in [-0.3, -0.25) is 4.55 Å². The van der Waals surface area contributed by atoms with Gasteiger partial charge in [0.25, 0.3) is 0 Å². The van der Waals surface area contributed by atoms with Gasteiger partial charge in [0.15, 0.2) is 0 Å². The van der Waals surface area contributed by atoms with Crippen LogP contribution in [-0.4, -0.2) is 41.5 Å². The summed E-state index contributed by atoms with van der Waals surface area (Å²) in [6, 6.07) is 0. The van der Waals surface area contributed by atoms with Crippen LogP contribution >= 0.6 is 0 Å². The van der Waals surface area contributed by atoms with Crippen LogP contribution in [0.1, 0.15) is 127 Å². The predicted molar refractivity (Wildman–Crippen MR) is 160 cm³/mol. The first-order valence-corrected chi connectivity index (χ1v) is 17.7. The Morgan fingerprint density at radius 1 is 0.925 bits per heavy atom. The summed E-state index contributed by atoms with van der Waals surface area (Å²) in [6.45, 7) is 20.2. The van der Waals surface area contributed by atoms with E-state index in [9.17, 15) is 23.2 Å². The van der Waals surface area contributed by atoms with E-state index in [1.807, 2.05) is 0 Å². The molecule has 0 spiro atoms. The molecule has 0 aliphatic heterocycles. The van der Waals surface area contributed by atoms with E-state index in [4.69, 9.17) is 4.18 Å². The van der Waals surface area contributed by atoms with Gasteiger partial charge in [0.1, 0.15) is 0 Å². The smallest absolute Gasteiger partial charge is 0.393 e. The molecule has 0 saturated heterocycles. The van der Waals surface area contributed by atoms with Gasteiger partial charge in [-0.15, -0.1) is 0 Å². The molecule has 0 bridgehead atoms. The van der Waals surface area contributed by atoms with Gasteiger partial charge in [0, 0.05) is 0 Å². The number of rotatable bonds is 9. The van der Waals surface area contributed by atoms with Crippen LogP contribution in [0.4, 0.5) is 0 Å². The van der Waals surface area contributed by atoms with Crippen molar-refractivity contribution in [3.63, 3.8) is 0 Å². The van der Waals surface area contributed by atoms with Crippen LogP contribution < -0.4 is 0 Å². The Labute approximate surface area is 245 Å². The summed E-state index contributed by atoms with van der Waals surface area (Å²) < 4.78 is 37.5. The molecular formula is C33H60O6S. The Kier molecular flexibility index (Phi) is 9.04. The Hall–Kier alpha value is -0.210. The van der Waals surface area contributed by atoms with Crippen molar-refractivity contribution in [2.24, 2.45) is 63.1 Å². The van der Waals surface area contributed by atoms with E-state index in [1.165, 1.54) is 25.7 Å². The Morgan fingerprint density at radius 2 is 1.52 bits per heavy atom. The first-order valence-electron chi connectivity index (χ1n) is 16.4. The first-order chi connectivity index (χ1) is 18.3. The lowest BCUT2D eigenvalue weighted by molar-refractivity contribution is -0.204. The highest BCUT2D eigenvalue weighted by Crippen LogP contribution is 2.70. The Bertz CT molecular complexity index is 1010. The third kappa shape index (κ3) is 5.46. The van der Waals surface area contributed by atoms with Gasteiger partial charge in [-0.05, 0) is 128 Å². The van der Waals surface area contributed by atoms with Crippen molar-refractivity contribution < 1.29 is 27.4 Å². The Balaban J connectivity index is 1.59. The lowest BCUT2D eigenvalue weighted by Crippen LogP contribution is -2.62. The molecule has 40 heavy (non-hydrogen) atoms. The second-order valence-electron chi connectivity index (χ2n) is 16.2. The van der Waals surface area contributed by atoms with Crippen LogP contribution in [0.5, 0.6) is 0 Å². The quantitative estimate of drug-likeness (QED) is 0.246. The molecule has 4 saturated carbocycles. The number of hydrogen-bond donors (Lipinski definition) is 3. The molecule has 4 aliphatic rings. The predicted octanol–water partition coefficient (Wildman–Crippen LogP) is 7.29. The van der Waals surface area contributed by atoms with E-state index in [-0.39, 0.29) is 34.4 Å². The highest BCUT2D eigenvalue weighted by atomic mass is 32.3. The minimum Gasteiger partial charge on any atom is -0.393 e. The monoisotopic (exact) mass is 584 g/mol. The molecule has 0 radical (unpaired) electrons. The Morgan fingerprint density at radius 3 is 2.10 bits per heavy atom. The van der Waals surface area contributed by atoms with Gasteiger partial charge >= 0.3 is 10.4 Å². The molecule has 0 aromatic rings. The van der Waals surface area contributed by atoms with Crippen molar-refractivity contribution in [3.05, 3.63) is 0 Å². The average Bonchev–Trinajstić information content (AvgIpc) is 3.20. The molecule has 13 atom stereocenters. The summed E-state index contributed by atoms with van der Waals surface area (Å²) in [5, 5.41) is 22.6. The lowest BCUT2D eigenvalue weighted by Gasteiger charge is -2.65. The van der Waals surface area contributed by atoms with Crippen LogP contribution in [0.15, 0.2) is 0 Å². The zero-order valence-electron chi connectivity index (χ0n) is 26.8. The maximum Gasteiger partial charge on any atom is 0.397 e. The van der Waals surface area contributed by atoms with Crippen molar-refractivity contribution in [1.29, 1.82) is 0 Å². The van der Waals surface area contributed by atoms with Crippen molar-refractivity contribution >= 4 is 10.4 Å². The zero-order valence-corrected chi connectivity index (χ0v) is 27.6. The van der Waals surface area contributed by atoms with Crippen molar-refractivity contribution in [2.75, 3.05) is 0 Å². The van der Waals surface area contributed by atoms with Crippen molar-refractivity contribution in [2.45, 2.75) is 145 Å². The normalized spacial score (nSPS) is 45.1. The molecule has 13 unspecified atom stereocenters. The van der Waals surface area contributed by atoms with Crippen LogP contribution in [-0.2, 0) is 14.6 Å². The molecule has 6 nitrogen and oxygen atoms in total. The fraction of sp³-hybridized carbons (Fsp3) is 1.00. The molecule has 0 amide bonds. The van der Waals surface area contributed by atoms with Gasteiger partial charge in [-0.1, -0.05) is 61.8 Å². The minimum absolute atomic E-state index is 0.0608. The molecule has 7 heteroatoms. The van der Waals surface area contributed by atoms with Gasteiger partial charge in [-0.2, -0.15) is 8.42 Å². The summed E-state index contributed by atoms with van der Waals surface area (Å²) in [5.41, 5.74) is -0.0736. The first kappa shape index (κ1) is 32.7. The molecule has 3 N–H and O–H groups in total. The summed E-state index contributed by atoms with van der Waals surface area (Å²) in [7, 11) is -4.51. The SMILES string of the molecule is CCC1C(O)C2C(CCC3(C)C2CCC3C(C)C(C)(C)CC(C)(CC)C(C)OS(=O)(=O)O)C2(C)CCC(O)CC12. The number of fused-ring (bicyclic) bond motifs is 5. The lowest BCUT2D eigenvalue weighted by atomic mass is 9.41. The van der Waals surface area contributed by atoms with Crippen LogP contribution in [0.2, 0.25) is 0 Å². The summed E-state index contributed by atoms with van der Waals surface area (Å²) in [4.78, 5) is 0. The van der Waals surface area contributed by atoms with Gasteiger partial charge in [-0.25, -0.2) is 4.18 Å². The highest BCUT2D eigenvalue weighted by molar-refractivity contribution is 7.80. The van der Waals surface area contributed by atoms with Crippen LogP contribution in [0, 0.1) is 63.1 Å². The van der Waals surface area contributed by atoms with E-state index >= 15 is 0 Å². The average molecular weight is 585 g/mol. The van der Waals surface area contributed by atoms with Crippen LogP contribution in [0.3, 0.4) is 0 Å². The molecule has 0 aromatic heterocycles. The van der Waals surface area contributed by atoms with Crippen molar-refractivity contribution in [3.8, 4) is 0 Å². The summed E-state index contributed by atoms with van der Waals surface area (Å²) in [6.07, 6.45) is 8.97. The van der Waals surface area contributed by atoms with E-state index in [2.05, 4.69) is 55.4 Å². The molecule has 4 rings (SSSR count). The van der Waals surface area contributed by atoms with E-state index in [0.717, 1.165) is 38.5 Å².